The van der Waals surface area contributed by atoms with E-state index in [1.165, 1.54) is 6.21 Å². The maximum atomic E-state index is 11.9. The number of nitrogens with zero attached hydrogens (tertiary/aromatic N) is 1. The fraction of sp³-hybridized carbons (Fsp3) is 0.176. The van der Waals surface area contributed by atoms with Crippen LogP contribution in [0.4, 0.5) is 0 Å². The third-order valence-corrected chi connectivity index (χ3v) is 5.37. The quantitative estimate of drug-likeness (QED) is 0.444. The molecular weight excluding hydrogens is 456 g/mol. The Morgan fingerprint density at radius 3 is 2.64 bits per heavy atom. The zero-order chi connectivity index (χ0) is 18.4. The smallest absolute Gasteiger partial charge is 0.273 e. The molecule has 6 nitrogen and oxygen atoms in total. The first-order valence-electron chi connectivity index (χ1n) is 7.35. The second kappa shape index (κ2) is 8.98. The Hall–Kier alpha value is -1.90. The topological polar surface area (TPSA) is 91.2 Å². The van der Waals surface area contributed by atoms with Crippen LogP contribution < -0.4 is 10.2 Å². The number of hydrogen-bond donors (Lipinski definition) is 3. The highest BCUT2D eigenvalue weighted by atomic mass is 79.9. The molecule has 2 aromatic rings. The lowest BCUT2D eigenvalue weighted by Crippen LogP contribution is -2.25. The number of hydrazone groups is 1. The number of aliphatic hydroxyl groups is 1. The minimum Gasteiger partial charge on any atom is -0.503 e. The van der Waals surface area contributed by atoms with Crippen molar-refractivity contribution in [2.45, 2.75) is 13.0 Å². The zero-order valence-electron chi connectivity index (χ0n) is 13.2. The number of carbonyl (C=O) groups excluding carboxylic acids is 1. The summed E-state index contributed by atoms with van der Waals surface area (Å²) in [5.74, 6) is -0.398. The largest absolute Gasteiger partial charge is 0.503 e. The van der Waals surface area contributed by atoms with E-state index in [2.05, 4.69) is 42.4 Å². The molecule has 0 aliphatic heterocycles. The monoisotopic (exact) mass is 470 g/mol. The molecule has 0 radical (unpaired) electrons. The lowest BCUT2D eigenvalue weighted by molar-refractivity contribution is -0.129. The second-order valence-corrected chi connectivity index (χ2v) is 6.51. The zero-order valence-corrected chi connectivity index (χ0v) is 16.4. The molecule has 0 saturated carbocycles. The van der Waals surface area contributed by atoms with Gasteiger partial charge >= 0.3 is 0 Å². The van der Waals surface area contributed by atoms with E-state index in [-0.39, 0.29) is 11.5 Å². The summed E-state index contributed by atoms with van der Waals surface area (Å²) >= 11 is 6.59. The third kappa shape index (κ3) is 4.81. The van der Waals surface area contributed by atoms with Crippen LogP contribution in [0.3, 0.4) is 0 Å². The Morgan fingerprint density at radius 1 is 1.32 bits per heavy atom. The molecule has 0 unspecified atom stereocenters. The molecule has 0 spiro atoms. The van der Waals surface area contributed by atoms with Gasteiger partial charge in [-0.1, -0.05) is 30.3 Å². The Bertz CT molecular complexity index is 782. The summed E-state index contributed by atoms with van der Waals surface area (Å²) in [4.78, 5) is 11.9. The first kappa shape index (κ1) is 19.4. The predicted octanol–water partition coefficient (Wildman–Crippen LogP) is 3.50. The maximum Gasteiger partial charge on any atom is 0.273 e. The molecule has 0 heterocycles. The van der Waals surface area contributed by atoms with Crippen molar-refractivity contribution in [3.8, 4) is 11.5 Å². The summed E-state index contributed by atoms with van der Waals surface area (Å²) in [5.41, 5.74) is 3.33. The van der Waals surface area contributed by atoms with E-state index in [1.807, 2.05) is 0 Å². The third-order valence-electron chi connectivity index (χ3n) is 3.22. The SMILES string of the molecule is CCOc1cc(/C=N\NC(=O)[C@@H](O)c2ccccc2)c(Br)c(Br)c1O. The van der Waals surface area contributed by atoms with Gasteiger partial charge in [0.25, 0.3) is 5.91 Å². The highest BCUT2D eigenvalue weighted by molar-refractivity contribution is 9.13. The maximum absolute atomic E-state index is 11.9. The molecule has 0 bridgehead atoms. The number of phenols is 1. The van der Waals surface area contributed by atoms with Gasteiger partial charge in [-0.05, 0) is 50.4 Å². The predicted molar refractivity (Wildman–Crippen MR) is 102 cm³/mol. The van der Waals surface area contributed by atoms with Gasteiger partial charge in [0.15, 0.2) is 17.6 Å². The van der Waals surface area contributed by atoms with E-state index < -0.39 is 12.0 Å². The molecule has 25 heavy (non-hydrogen) atoms. The first-order chi connectivity index (χ1) is 12.0. The molecule has 8 heteroatoms. The Kier molecular flexibility index (Phi) is 6.98. The van der Waals surface area contributed by atoms with E-state index in [9.17, 15) is 15.0 Å². The molecule has 2 rings (SSSR count). The Morgan fingerprint density at radius 2 is 2.00 bits per heavy atom. The summed E-state index contributed by atoms with van der Waals surface area (Å²) in [6, 6.07) is 10.1. The fourth-order valence-corrected chi connectivity index (χ4v) is 2.81. The second-order valence-electron chi connectivity index (χ2n) is 4.92. The van der Waals surface area contributed by atoms with Crippen LogP contribution in [0.15, 0.2) is 50.4 Å². The number of hydrogen-bond acceptors (Lipinski definition) is 5. The normalized spacial score (nSPS) is 12.2. The van der Waals surface area contributed by atoms with Crippen LogP contribution in [0.2, 0.25) is 0 Å². The average molecular weight is 472 g/mol. The van der Waals surface area contributed by atoms with Gasteiger partial charge in [-0.15, -0.1) is 0 Å². The van der Waals surface area contributed by atoms with Gasteiger partial charge in [0, 0.05) is 10.0 Å². The Balaban J connectivity index is 2.13. The van der Waals surface area contributed by atoms with Crippen molar-refractivity contribution in [2.24, 2.45) is 5.10 Å². The van der Waals surface area contributed by atoms with E-state index in [0.717, 1.165) is 0 Å². The number of benzene rings is 2. The van der Waals surface area contributed by atoms with Crippen molar-refractivity contribution >= 4 is 44.0 Å². The average Bonchev–Trinajstić information content (AvgIpc) is 2.63. The summed E-state index contributed by atoms with van der Waals surface area (Å²) < 4.78 is 6.31. The number of aromatic hydroxyl groups is 1. The van der Waals surface area contributed by atoms with Gasteiger partial charge in [-0.3, -0.25) is 4.79 Å². The van der Waals surface area contributed by atoms with Crippen molar-refractivity contribution < 1.29 is 19.7 Å². The van der Waals surface area contributed by atoms with Crippen molar-refractivity contribution in [2.75, 3.05) is 6.61 Å². The molecule has 1 atom stereocenters. The molecule has 132 valence electrons. The lowest BCUT2D eigenvalue weighted by atomic mass is 10.1. The van der Waals surface area contributed by atoms with Gasteiger partial charge < -0.3 is 14.9 Å². The standard InChI is InChI=1S/C17H16Br2N2O4/c1-2-25-12-8-11(13(18)14(19)16(12)23)9-20-21-17(24)15(22)10-6-4-3-5-7-10/h3-9,15,22-23H,2H2,1H3,(H,21,24)/b20-9-/t15-/m0/s1. The summed E-state index contributed by atoms with van der Waals surface area (Å²) in [6.45, 7) is 2.19. The molecular formula is C17H16Br2N2O4. The van der Waals surface area contributed by atoms with E-state index in [0.29, 0.717) is 26.7 Å². The van der Waals surface area contributed by atoms with Crippen LogP contribution in [-0.4, -0.2) is 28.9 Å². The molecule has 1 amide bonds. The van der Waals surface area contributed by atoms with Crippen LogP contribution in [0.1, 0.15) is 24.2 Å². The van der Waals surface area contributed by atoms with Crippen LogP contribution in [0.5, 0.6) is 11.5 Å². The van der Waals surface area contributed by atoms with Crippen molar-refractivity contribution in [3.05, 3.63) is 56.5 Å². The molecule has 0 fully saturated rings. The molecule has 0 aliphatic carbocycles. The van der Waals surface area contributed by atoms with Crippen LogP contribution in [0, 0.1) is 0 Å². The molecule has 2 aromatic carbocycles. The molecule has 0 aromatic heterocycles. The van der Waals surface area contributed by atoms with E-state index in [1.54, 1.807) is 43.3 Å². The molecule has 0 saturated heterocycles. The number of ether oxygens (including phenoxy) is 1. The number of rotatable bonds is 6. The number of amides is 1. The van der Waals surface area contributed by atoms with Crippen molar-refractivity contribution in [1.82, 2.24) is 5.43 Å². The van der Waals surface area contributed by atoms with Crippen molar-refractivity contribution in [1.29, 1.82) is 0 Å². The minimum absolute atomic E-state index is 0.0330. The highest BCUT2D eigenvalue weighted by Gasteiger charge is 2.17. The summed E-state index contributed by atoms with van der Waals surface area (Å²) in [7, 11) is 0. The number of nitrogens with one attached hydrogen (secondary N) is 1. The van der Waals surface area contributed by atoms with Gasteiger partial charge in [0.2, 0.25) is 0 Å². The Labute approximate surface area is 161 Å². The number of aliphatic hydroxyl groups excluding tert-OH is 1. The first-order valence-corrected chi connectivity index (χ1v) is 8.94. The van der Waals surface area contributed by atoms with Gasteiger partial charge in [0.1, 0.15) is 0 Å². The number of carbonyl (C=O) groups is 1. The van der Waals surface area contributed by atoms with E-state index >= 15 is 0 Å². The van der Waals surface area contributed by atoms with Gasteiger partial charge in [0.05, 0.1) is 17.3 Å². The highest BCUT2D eigenvalue weighted by Crippen LogP contribution is 2.41. The fourth-order valence-electron chi connectivity index (χ4n) is 1.98. The summed E-state index contributed by atoms with van der Waals surface area (Å²) in [5, 5.41) is 23.8. The lowest BCUT2D eigenvalue weighted by Gasteiger charge is -2.11. The van der Waals surface area contributed by atoms with Crippen molar-refractivity contribution in [3.63, 3.8) is 0 Å². The van der Waals surface area contributed by atoms with E-state index in [4.69, 9.17) is 4.74 Å². The van der Waals surface area contributed by atoms with Crippen LogP contribution in [-0.2, 0) is 4.79 Å². The van der Waals surface area contributed by atoms with Crippen LogP contribution in [0.25, 0.3) is 0 Å². The van der Waals surface area contributed by atoms with Gasteiger partial charge in [-0.2, -0.15) is 5.10 Å². The number of halogens is 2. The molecule has 3 N–H and O–H groups in total. The summed E-state index contributed by atoms with van der Waals surface area (Å²) in [6.07, 6.45) is 0.0687. The number of phenolic OH excluding ortho intramolecular Hbond substituents is 1. The van der Waals surface area contributed by atoms with Crippen LogP contribution >= 0.6 is 31.9 Å². The molecule has 0 aliphatic rings. The van der Waals surface area contributed by atoms with Gasteiger partial charge in [-0.25, -0.2) is 5.43 Å². The minimum atomic E-state index is -1.31.